The summed E-state index contributed by atoms with van der Waals surface area (Å²) in [5, 5.41) is 10.7. The molecule has 0 aliphatic carbocycles. The highest BCUT2D eigenvalue weighted by atomic mass is 16.2. The van der Waals surface area contributed by atoms with Gasteiger partial charge in [-0.1, -0.05) is 114 Å². The molecule has 1 aliphatic rings. The molecule has 43 heavy (non-hydrogen) atoms. The van der Waals surface area contributed by atoms with Gasteiger partial charge in [0.25, 0.3) is 0 Å². The smallest absolute Gasteiger partial charge is 0.224 e. The van der Waals surface area contributed by atoms with Crippen molar-refractivity contribution in [1.82, 2.24) is 16.0 Å². The minimum absolute atomic E-state index is 0.00985. The van der Waals surface area contributed by atoms with E-state index in [0.717, 1.165) is 30.5 Å². The number of Topliss-reactive ketones (excluding diaryl/α,β-unsaturated/α-hetero) is 1. The Bertz CT molecular complexity index is 1170. The molecule has 0 radical (unpaired) electrons. The molecule has 0 aromatic heterocycles. The Balaban J connectivity index is 0. The Labute approximate surface area is 260 Å². The number of ketones is 1. The number of nitrogens with one attached hydrogen (secondary N) is 3. The van der Waals surface area contributed by atoms with Crippen molar-refractivity contribution in [2.75, 3.05) is 6.67 Å². The molecule has 1 aliphatic heterocycles. The van der Waals surface area contributed by atoms with Crippen LogP contribution in [0.5, 0.6) is 0 Å². The Morgan fingerprint density at radius 1 is 1.07 bits per heavy atom. The van der Waals surface area contributed by atoms with Gasteiger partial charge in [0, 0.05) is 17.8 Å². The zero-order valence-corrected chi connectivity index (χ0v) is 27.7. The molecule has 2 aromatic carbocycles. The van der Waals surface area contributed by atoms with Crippen molar-refractivity contribution in [3.05, 3.63) is 96.4 Å². The van der Waals surface area contributed by atoms with Gasteiger partial charge in [-0.2, -0.15) is 0 Å². The third-order valence-corrected chi connectivity index (χ3v) is 5.88. The molecule has 1 unspecified atom stereocenters. The lowest BCUT2D eigenvalue weighted by atomic mass is 9.93. The average Bonchev–Trinajstić information content (AvgIpc) is 3.11. The molecule has 0 bridgehead atoms. The van der Waals surface area contributed by atoms with Crippen molar-refractivity contribution >= 4 is 28.9 Å². The molecule has 2 aromatic rings. The molecule has 2 amide bonds. The summed E-state index contributed by atoms with van der Waals surface area (Å²) in [7, 11) is 0. The monoisotopic (exact) mass is 592 g/mol. The van der Waals surface area contributed by atoms with Gasteiger partial charge in [0.1, 0.15) is 5.78 Å². The molecule has 1 heterocycles. The van der Waals surface area contributed by atoms with E-state index < -0.39 is 0 Å². The van der Waals surface area contributed by atoms with Gasteiger partial charge in [-0.15, -0.1) is 0 Å². The van der Waals surface area contributed by atoms with E-state index in [9.17, 15) is 14.4 Å². The van der Waals surface area contributed by atoms with Crippen LogP contribution < -0.4 is 21.7 Å². The molecule has 0 saturated carbocycles. The highest BCUT2D eigenvalue weighted by molar-refractivity contribution is 5.83. The fourth-order valence-electron chi connectivity index (χ4n) is 3.48. The van der Waals surface area contributed by atoms with Crippen LogP contribution in [0, 0.1) is 5.92 Å². The number of carbonyl (C=O) groups is 3. The Morgan fingerprint density at radius 3 is 2.28 bits per heavy atom. The number of fused-ring (bicyclic) bond motifs is 1. The maximum Gasteiger partial charge on any atom is 0.224 e. The van der Waals surface area contributed by atoms with Crippen molar-refractivity contribution in [3.63, 3.8) is 0 Å². The SMILES string of the molecule is C=C1/C=C\C=C/C/C(C)=C\N1.CC.CC.CC(=O)C(C)N.CCC[C@H](Cc1ccc2ccccc2c1)C(=O)NCNC=O. The minimum atomic E-state index is -0.287. The molecule has 3 rings (SSSR count). The standard InChI is InChI=1S/C18H22N2O2.C10H13N.C4H9NO.2C2H6/c1-2-5-17(18(22)20-12-19-13-21)11-14-8-9-15-6-3-4-7-16(15)10-14;1-9-6-4-3-5-7-10(2)11-8-9;1-3(5)4(2)6;2*1-2/h3-4,6-10,13,17H,2,5,11-12H2,1H3,(H,19,21)(H,20,22);3-5,7-8,11H,2,6H2,1H3;3H,5H2,1-2H3;2*1-2H3/b;4-3-,7-5-,9-8-;;;/t17-;;;;/m1..../s1. The van der Waals surface area contributed by atoms with E-state index in [1.165, 1.54) is 23.3 Å². The molecule has 7 heteroatoms. The van der Waals surface area contributed by atoms with Crippen LogP contribution in [0.15, 0.2) is 90.8 Å². The van der Waals surface area contributed by atoms with Gasteiger partial charge >= 0.3 is 0 Å². The number of amides is 2. The van der Waals surface area contributed by atoms with E-state index >= 15 is 0 Å². The Hall–Kier alpha value is -3.97. The van der Waals surface area contributed by atoms with Crippen LogP contribution in [0.4, 0.5) is 0 Å². The largest absolute Gasteiger partial charge is 0.362 e. The molecule has 0 spiro atoms. The summed E-state index contributed by atoms with van der Waals surface area (Å²) in [6, 6.07) is 14.3. The lowest BCUT2D eigenvalue weighted by molar-refractivity contribution is -0.125. The van der Waals surface area contributed by atoms with Crippen molar-refractivity contribution < 1.29 is 14.4 Å². The third kappa shape index (κ3) is 20.5. The summed E-state index contributed by atoms with van der Waals surface area (Å²) in [5.41, 5.74) is 8.49. The van der Waals surface area contributed by atoms with Crippen molar-refractivity contribution in [2.24, 2.45) is 11.7 Å². The summed E-state index contributed by atoms with van der Waals surface area (Å²) >= 11 is 0. The number of rotatable bonds is 9. The zero-order chi connectivity index (χ0) is 33.0. The molecule has 0 saturated heterocycles. The number of hydrogen-bond donors (Lipinski definition) is 4. The van der Waals surface area contributed by atoms with Crippen LogP contribution in [-0.2, 0) is 20.8 Å². The second kappa shape index (κ2) is 26.9. The molecule has 5 N–H and O–H groups in total. The van der Waals surface area contributed by atoms with Crippen molar-refractivity contribution in [3.8, 4) is 0 Å². The van der Waals surface area contributed by atoms with Gasteiger partial charge in [0.15, 0.2) is 0 Å². The normalized spacial score (nSPS) is 15.6. The number of hydrogen-bond acceptors (Lipinski definition) is 5. The second-order valence-corrected chi connectivity index (χ2v) is 9.46. The van der Waals surface area contributed by atoms with Crippen LogP contribution in [-0.4, -0.2) is 30.8 Å². The average molecular weight is 593 g/mol. The first-order valence-corrected chi connectivity index (χ1v) is 15.3. The predicted octanol–water partition coefficient (Wildman–Crippen LogP) is 7.10. The first kappa shape index (κ1) is 41.2. The number of nitrogens with two attached hydrogens (primary N) is 1. The van der Waals surface area contributed by atoms with Gasteiger partial charge in [-0.25, -0.2) is 0 Å². The van der Waals surface area contributed by atoms with E-state index in [2.05, 4.69) is 72.8 Å². The number of carbonyl (C=O) groups excluding carboxylic acids is 3. The minimum Gasteiger partial charge on any atom is -0.362 e. The summed E-state index contributed by atoms with van der Waals surface area (Å²) in [6.45, 7) is 19.3. The van der Waals surface area contributed by atoms with Crippen molar-refractivity contribution in [2.45, 2.75) is 87.1 Å². The fraction of sp³-hybridized carbons (Fsp3) is 0.417. The van der Waals surface area contributed by atoms with Gasteiger partial charge in [-0.3, -0.25) is 14.4 Å². The fourth-order valence-corrected chi connectivity index (χ4v) is 3.48. The van der Waals surface area contributed by atoms with E-state index in [1.807, 2.05) is 64.3 Å². The van der Waals surface area contributed by atoms with Gasteiger partial charge < -0.3 is 21.7 Å². The summed E-state index contributed by atoms with van der Waals surface area (Å²) in [5.74, 6) is -0.0426. The number of allylic oxidation sites excluding steroid dienone is 5. The first-order chi connectivity index (χ1) is 20.7. The third-order valence-electron chi connectivity index (χ3n) is 5.88. The van der Waals surface area contributed by atoms with E-state index in [1.54, 1.807) is 6.92 Å². The second-order valence-electron chi connectivity index (χ2n) is 9.46. The lowest BCUT2D eigenvalue weighted by Crippen LogP contribution is -2.38. The van der Waals surface area contributed by atoms with Crippen molar-refractivity contribution in [1.29, 1.82) is 0 Å². The van der Waals surface area contributed by atoms with Crippen LogP contribution in [0.2, 0.25) is 0 Å². The highest BCUT2D eigenvalue weighted by Crippen LogP contribution is 2.20. The van der Waals surface area contributed by atoms with Gasteiger partial charge in [-0.05, 0) is 62.4 Å². The maximum absolute atomic E-state index is 12.2. The molecular weight excluding hydrogens is 536 g/mol. The van der Waals surface area contributed by atoms with Crippen LogP contribution >= 0.6 is 0 Å². The Kier molecular flexibility index (Phi) is 25.8. The highest BCUT2D eigenvalue weighted by Gasteiger charge is 2.17. The molecular formula is C36H56N4O3. The quantitative estimate of drug-likeness (QED) is 0.141. The van der Waals surface area contributed by atoms with Crippen LogP contribution in [0.1, 0.15) is 80.2 Å². The molecule has 238 valence electrons. The molecule has 0 fully saturated rings. The summed E-state index contributed by atoms with van der Waals surface area (Å²) < 4.78 is 0. The zero-order valence-electron chi connectivity index (χ0n) is 27.7. The van der Waals surface area contributed by atoms with Crippen LogP contribution in [0.25, 0.3) is 10.8 Å². The Morgan fingerprint density at radius 2 is 1.70 bits per heavy atom. The maximum atomic E-state index is 12.2. The van der Waals surface area contributed by atoms with Gasteiger partial charge in [0.05, 0.1) is 12.7 Å². The van der Waals surface area contributed by atoms with E-state index in [-0.39, 0.29) is 30.3 Å². The van der Waals surface area contributed by atoms with Gasteiger partial charge in [0.2, 0.25) is 12.3 Å². The molecule has 7 nitrogen and oxygen atoms in total. The van der Waals surface area contributed by atoms with E-state index in [4.69, 9.17) is 5.73 Å². The predicted molar refractivity (Wildman–Crippen MR) is 184 cm³/mol. The number of benzene rings is 2. The lowest BCUT2D eigenvalue weighted by Gasteiger charge is -2.16. The van der Waals surface area contributed by atoms with E-state index in [0.29, 0.717) is 12.8 Å². The van der Waals surface area contributed by atoms with Crippen LogP contribution in [0.3, 0.4) is 0 Å². The first-order valence-electron chi connectivity index (χ1n) is 15.3. The summed E-state index contributed by atoms with van der Waals surface area (Å²) in [4.78, 5) is 32.5. The topological polar surface area (TPSA) is 113 Å². The molecule has 2 atom stereocenters. The summed E-state index contributed by atoms with van der Waals surface area (Å²) in [6.07, 6.45) is 14.2.